The summed E-state index contributed by atoms with van der Waals surface area (Å²) < 4.78 is 18.8. The Hall–Kier alpha value is -2.89. The lowest BCUT2D eigenvalue weighted by Crippen LogP contribution is -2.50. The second kappa shape index (κ2) is 10.4. The van der Waals surface area contributed by atoms with Gasteiger partial charge in [-0.15, -0.1) is 0 Å². The highest BCUT2D eigenvalue weighted by Crippen LogP contribution is 2.13. The summed E-state index contributed by atoms with van der Waals surface area (Å²) in [5.74, 6) is -0.324. The Morgan fingerprint density at radius 2 is 1.71 bits per heavy atom. The van der Waals surface area contributed by atoms with E-state index < -0.39 is 6.04 Å². The predicted molar refractivity (Wildman–Crippen MR) is 106 cm³/mol. The van der Waals surface area contributed by atoms with E-state index in [1.165, 1.54) is 17.0 Å². The van der Waals surface area contributed by atoms with E-state index in [2.05, 4.69) is 5.32 Å². The molecule has 1 N–H and O–H groups in total. The molecule has 28 heavy (non-hydrogen) atoms. The molecule has 2 amide bonds. The van der Waals surface area contributed by atoms with Crippen LogP contribution in [0.2, 0.25) is 0 Å². The van der Waals surface area contributed by atoms with Gasteiger partial charge in [0.25, 0.3) is 5.91 Å². The van der Waals surface area contributed by atoms with Crippen LogP contribution < -0.4 is 10.1 Å². The fraction of sp³-hybridized carbons (Fsp3) is 0.364. The van der Waals surface area contributed by atoms with Gasteiger partial charge in [0.2, 0.25) is 5.91 Å². The molecule has 0 bridgehead atoms. The molecular weight excluding hydrogens is 359 g/mol. The summed E-state index contributed by atoms with van der Waals surface area (Å²) >= 11 is 0. The molecule has 5 nitrogen and oxygen atoms in total. The molecular formula is C22H27FN2O3. The third kappa shape index (κ3) is 6.37. The second-order valence-electron chi connectivity index (χ2n) is 6.74. The number of amides is 2. The molecule has 0 aliphatic rings. The number of para-hydroxylation sites is 1. The molecule has 0 aliphatic carbocycles. The maximum Gasteiger partial charge on any atom is 0.261 e. The minimum Gasteiger partial charge on any atom is -0.484 e. The standard InChI is InChI=1S/C22H27FN2O3/c1-4-16(2)24-22(27)17(3)25(14-18-10-12-19(23)13-11-18)21(26)15-28-20-8-6-5-7-9-20/h5-13,16-17H,4,14-15H2,1-3H3,(H,24,27)/t16-,17+/m1/s1. The number of nitrogens with one attached hydrogen (secondary N) is 1. The molecule has 0 radical (unpaired) electrons. The van der Waals surface area contributed by atoms with Crippen molar-refractivity contribution in [1.29, 1.82) is 0 Å². The Kier molecular flexibility index (Phi) is 7.99. The molecule has 0 aromatic heterocycles. The van der Waals surface area contributed by atoms with E-state index in [4.69, 9.17) is 4.74 Å². The zero-order chi connectivity index (χ0) is 20.5. The number of nitrogens with zero attached hydrogens (tertiary/aromatic N) is 1. The average Bonchev–Trinajstić information content (AvgIpc) is 2.71. The summed E-state index contributed by atoms with van der Waals surface area (Å²) in [4.78, 5) is 26.9. The monoisotopic (exact) mass is 386 g/mol. The van der Waals surface area contributed by atoms with E-state index in [1.54, 1.807) is 31.2 Å². The topological polar surface area (TPSA) is 58.6 Å². The second-order valence-corrected chi connectivity index (χ2v) is 6.74. The Labute approximate surface area is 165 Å². The van der Waals surface area contributed by atoms with Crippen LogP contribution in [0.1, 0.15) is 32.8 Å². The Morgan fingerprint density at radius 3 is 2.32 bits per heavy atom. The van der Waals surface area contributed by atoms with Gasteiger partial charge in [-0.3, -0.25) is 9.59 Å². The molecule has 2 rings (SSSR count). The minimum absolute atomic E-state index is 0.0123. The molecule has 0 fully saturated rings. The number of hydrogen-bond acceptors (Lipinski definition) is 3. The van der Waals surface area contributed by atoms with Crippen LogP contribution in [0.5, 0.6) is 5.75 Å². The molecule has 0 saturated heterocycles. The van der Waals surface area contributed by atoms with Crippen LogP contribution in [0.25, 0.3) is 0 Å². The zero-order valence-electron chi connectivity index (χ0n) is 16.5. The van der Waals surface area contributed by atoms with Crippen LogP contribution in [-0.2, 0) is 16.1 Å². The van der Waals surface area contributed by atoms with Crippen molar-refractivity contribution < 1.29 is 18.7 Å². The molecule has 150 valence electrons. The predicted octanol–water partition coefficient (Wildman–Crippen LogP) is 3.54. The third-order valence-electron chi connectivity index (χ3n) is 4.54. The summed E-state index contributed by atoms with van der Waals surface area (Å²) in [5.41, 5.74) is 0.734. The molecule has 0 spiro atoms. The van der Waals surface area contributed by atoms with Gasteiger partial charge in [-0.2, -0.15) is 0 Å². The first kappa shape index (κ1) is 21.4. The first-order chi connectivity index (χ1) is 13.4. The normalized spacial score (nSPS) is 12.7. The number of carbonyl (C=O) groups is 2. The number of benzene rings is 2. The number of halogens is 1. The average molecular weight is 386 g/mol. The van der Waals surface area contributed by atoms with Crippen molar-refractivity contribution in [3.8, 4) is 5.75 Å². The molecule has 2 aromatic rings. The molecule has 6 heteroatoms. The van der Waals surface area contributed by atoms with E-state index in [-0.39, 0.29) is 36.8 Å². The van der Waals surface area contributed by atoms with Crippen LogP contribution >= 0.6 is 0 Å². The van der Waals surface area contributed by atoms with E-state index in [0.717, 1.165) is 12.0 Å². The lowest BCUT2D eigenvalue weighted by Gasteiger charge is -2.29. The van der Waals surface area contributed by atoms with Crippen LogP contribution in [0.4, 0.5) is 4.39 Å². The zero-order valence-corrected chi connectivity index (χ0v) is 16.5. The van der Waals surface area contributed by atoms with Gasteiger partial charge in [-0.1, -0.05) is 37.3 Å². The van der Waals surface area contributed by atoms with E-state index in [9.17, 15) is 14.0 Å². The van der Waals surface area contributed by atoms with Gasteiger partial charge in [-0.25, -0.2) is 4.39 Å². The van der Waals surface area contributed by atoms with Gasteiger partial charge < -0.3 is 15.0 Å². The maximum absolute atomic E-state index is 13.2. The highest BCUT2D eigenvalue weighted by Gasteiger charge is 2.27. The SMILES string of the molecule is CC[C@@H](C)NC(=O)[C@H](C)N(Cc1ccc(F)cc1)C(=O)COc1ccccc1. The highest BCUT2D eigenvalue weighted by atomic mass is 19.1. The first-order valence-electron chi connectivity index (χ1n) is 9.42. The van der Waals surface area contributed by atoms with Crippen molar-refractivity contribution in [1.82, 2.24) is 10.2 Å². The van der Waals surface area contributed by atoms with Crippen molar-refractivity contribution >= 4 is 11.8 Å². The number of ether oxygens (including phenoxy) is 1. The van der Waals surface area contributed by atoms with Crippen molar-refractivity contribution in [3.63, 3.8) is 0 Å². The Morgan fingerprint density at radius 1 is 1.07 bits per heavy atom. The van der Waals surface area contributed by atoms with Crippen molar-refractivity contribution in [3.05, 3.63) is 66.0 Å². The molecule has 0 unspecified atom stereocenters. The number of rotatable bonds is 9. The minimum atomic E-state index is -0.689. The van der Waals surface area contributed by atoms with Gasteiger partial charge in [0, 0.05) is 12.6 Å². The van der Waals surface area contributed by atoms with Crippen molar-refractivity contribution in [2.24, 2.45) is 0 Å². The van der Waals surface area contributed by atoms with Crippen molar-refractivity contribution in [2.45, 2.75) is 45.8 Å². The fourth-order valence-corrected chi connectivity index (χ4v) is 2.58. The van der Waals surface area contributed by atoms with Gasteiger partial charge in [0.05, 0.1) is 0 Å². The Balaban J connectivity index is 2.12. The van der Waals surface area contributed by atoms with Crippen LogP contribution in [0.15, 0.2) is 54.6 Å². The van der Waals surface area contributed by atoms with E-state index in [0.29, 0.717) is 5.75 Å². The summed E-state index contributed by atoms with van der Waals surface area (Å²) in [7, 11) is 0. The third-order valence-corrected chi connectivity index (χ3v) is 4.54. The van der Waals surface area contributed by atoms with Gasteiger partial charge >= 0.3 is 0 Å². The summed E-state index contributed by atoms with van der Waals surface area (Å²) in [6.07, 6.45) is 0.793. The quantitative estimate of drug-likeness (QED) is 0.717. The van der Waals surface area contributed by atoms with Gasteiger partial charge in [-0.05, 0) is 50.1 Å². The van der Waals surface area contributed by atoms with Crippen LogP contribution in [0.3, 0.4) is 0 Å². The smallest absolute Gasteiger partial charge is 0.261 e. The van der Waals surface area contributed by atoms with Crippen molar-refractivity contribution in [2.75, 3.05) is 6.61 Å². The maximum atomic E-state index is 13.2. The molecule has 0 saturated carbocycles. The molecule has 0 heterocycles. The largest absolute Gasteiger partial charge is 0.484 e. The molecule has 2 atom stereocenters. The van der Waals surface area contributed by atoms with Crippen LogP contribution in [0, 0.1) is 5.82 Å². The lowest BCUT2D eigenvalue weighted by molar-refractivity contribution is -0.142. The number of hydrogen-bond donors (Lipinski definition) is 1. The first-order valence-corrected chi connectivity index (χ1v) is 9.42. The van der Waals surface area contributed by atoms with E-state index >= 15 is 0 Å². The lowest BCUT2D eigenvalue weighted by atomic mass is 10.1. The molecule has 0 aliphatic heterocycles. The van der Waals surface area contributed by atoms with Gasteiger partial charge in [0.1, 0.15) is 17.6 Å². The number of carbonyl (C=O) groups excluding carboxylic acids is 2. The Bertz CT molecular complexity index is 765. The fourth-order valence-electron chi connectivity index (χ4n) is 2.58. The summed E-state index contributed by atoms with van der Waals surface area (Å²) in [6, 6.07) is 14.2. The van der Waals surface area contributed by atoms with Gasteiger partial charge in [0.15, 0.2) is 6.61 Å². The highest BCUT2D eigenvalue weighted by molar-refractivity contribution is 5.88. The van der Waals surface area contributed by atoms with Crippen LogP contribution in [-0.4, -0.2) is 35.4 Å². The molecule has 2 aromatic carbocycles. The summed E-state index contributed by atoms with van der Waals surface area (Å²) in [5, 5.41) is 2.90. The summed E-state index contributed by atoms with van der Waals surface area (Å²) in [6.45, 7) is 5.57. The van der Waals surface area contributed by atoms with E-state index in [1.807, 2.05) is 32.0 Å².